The number of aromatic nitrogens is 1. The highest BCUT2D eigenvalue weighted by molar-refractivity contribution is 5.94. The van der Waals surface area contributed by atoms with E-state index < -0.39 is 47.9 Å². The highest BCUT2D eigenvalue weighted by Crippen LogP contribution is 2.19. The van der Waals surface area contributed by atoms with Gasteiger partial charge in [-0.25, -0.2) is 4.79 Å². The Morgan fingerprint density at radius 3 is 2.13 bits per heavy atom. The summed E-state index contributed by atoms with van der Waals surface area (Å²) in [5.41, 5.74) is 19.6. The summed E-state index contributed by atoms with van der Waals surface area (Å²) in [5, 5.41) is 18.8. The lowest BCUT2D eigenvalue weighted by Gasteiger charge is -2.26. The Morgan fingerprint density at radius 2 is 1.47 bits per heavy atom. The van der Waals surface area contributed by atoms with E-state index in [4.69, 9.17) is 17.2 Å². The van der Waals surface area contributed by atoms with E-state index in [1.807, 2.05) is 50.4 Å². The molecule has 11 N–H and O–H groups in total. The molecule has 0 radical (unpaired) electrons. The second-order valence-corrected chi connectivity index (χ2v) is 11.5. The molecule has 3 amide bonds. The minimum atomic E-state index is -1.23. The molecule has 4 atom stereocenters. The van der Waals surface area contributed by atoms with E-state index >= 15 is 0 Å². The van der Waals surface area contributed by atoms with Crippen LogP contribution in [0.5, 0.6) is 0 Å². The van der Waals surface area contributed by atoms with Gasteiger partial charge in [-0.05, 0) is 48.8 Å². The van der Waals surface area contributed by atoms with Crippen molar-refractivity contribution in [2.24, 2.45) is 28.1 Å². The van der Waals surface area contributed by atoms with E-state index in [0.29, 0.717) is 6.42 Å². The lowest BCUT2D eigenvalue weighted by Crippen LogP contribution is -2.57. The number of aliphatic carboxylic acids is 1. The molecule has 1 aromatic heterocycles. The van der Waals surface area contributed by atoms with Gasteiger partial charge in [-0.1, -0.05) is 62.4 Å². The number of H-pyrrole nitrogens is 1. The topological polar surface area (TPSA) is 231 Å². The summed E-state index contributed by atoms with van der Waals surface area (Å²) in [6.07, 6.45) is 2.84. The summed E-state index contributed by atoms with van der Waals surface area (Å²) in [5.74, 6) is -3.09. The fourth-order valence-electron chi connectivity index (χ4n) is 4.98. The third-order valence-corrected chi connectivity index (χ3v) is 7.27. The Balaban J connectivity index is 1.72. The molecular formula is C32H44N8O5. The second kappa shape index (κ2) is 16.8. The number of para-hydroxylation sites is 1. The van der Waals surface area contributed by atoms with Gasteiger partial charge in [-0.15, -0.1) is 0 Å². The van der Waals surface area contributed by atoms with Crippen molar-refractivity contribution in [2.75, 3.05) is 6.54 Å². The first-order chi connectivity index (χ1) is 21.4. The SMILES string of the molecule is CC(C)CC(NC(=O)C(N)Cc1c[nH]c2ccccc12)C(=O)NC(CCCN=C(N)N)C(=O)NC(Cc1ccccc1)C(=O)O. The van der Waals surface area contributed by atoms with Crippen LogP contribution in [-0.4, -0.2) is 70.5 Å². The quantitative estimate of drug-likeness (QED) is 0.0613. The van der Waals surface area contributed by atoms with Crippen molar-refractivity contribution < 1.29 is 24.3 Å². The van der Waals surface area contributed by atoms with Crippen molar-refractivity contribution in [1.29, 1.82) is 0 Å². The van der Waals surface area contributed by atoms with Crippen molar-refractivity contribution in [3.8, 4) is 0 Å². The maximum absolute atomic E-state index is 13.6. The molecule has 0 saturated carbocycles. The normalized spacial score (nSPS) is 13.8. The Labute approximate surface area is 262 Å². The van der Waals surface area contributed by atoms with Gasteiger partial charge in [0, 0.05) is 30.1 Å². The monoisotopic (exact) mass is 620 g/mol. The first kappa shape index (κ1) is 34.6. The van der Waals surface area contributed by atoms with Gasteiger partial charge >= 0.3 is 5.97 Å². The average Bonchev–Trinajstić information content (AvgIpc) is 3.40. The van der Waals surface area contributed by atoms with Crippen LogP contribution in [0, 0.1) is 5.92 Å². The molecule has 0 spiro atoms. The molecule has 0 aliphatic carbocycles. The number of carbonyl (C=O) groups excluding carboxylic acids is 3. The lowest BCUT2D eigenvalue weighted by molar-refractivity contribution is -0.142. The zero-order valence-corrected chi connectivity index (χ0v) is 25.7. The molecule has 3 aromatic rings. The van der Waals surface area contributed by atoms with Crippen molar-refractivity contribution in [2.45, 2.75) is 70.1 Å². The summed E-state index contributed by atoms with van der Waals surface area (Å²) >= 11 is 0. The van der Waals surface area contributed by atoms with Crippen molar-refractivity contribution in [1.82, 2.24) is 20.9 Å². The molecule has 2 aromatic carbocycles. The summed E-state index contributed by atoms with van der Waals surface area (Å²) in [4.78, 5) is 59.2. The van der Waals surface area contributed by atoms with Crippen LogP contribution in [0.3, 0.4) is 0 Å². The molecule has 1 heterocycles. The second-order valence-electron chi connectivity index (χ2n) is 11.5. The molecule has 0 fully saturated rings. The van der Waals surface area contributed by atoms with E-state index in [2.05, 4.69) is 25.9 Å². The van der Waals surface area contributed by atoms with Crippen molar-refractivity contribution in [3.05, 3.63) is 71.9 Å². The van der Waals surface area contributed by atoms with Gasteiger partial charge in [0.1, 0.15) is 18.1 Å². The van der Waals surface area contributed by atoms with Crippen LogP contribution < -0.4 is 33.2 Å². The first-order valence-electron chi connectivity index (χ1n) is 15.0. The molecule has 45 heavy (non-hydrogen) atoms. The Hall–Kier alpha value is -4.91. The predicted octanol–water partition coefficient (Wildman–Crippen LogP) is 0.919. The number of carboxylic acid groups (broad SMARTS) is 1. The number of aliphatic imine (C=N–C) groups is 1. The zero-order chi connectivity index (χ0) is 32.9. The van der Waals surface area contributed by atoms with Gasteiger partial charge < -0.3 is 43.2 Å². The maximum atomic E-state index is 13.6. The number of hydrogen-bond donors (Lipinski definition) is 8. The molecule has 4 unspecified atom stereocenters. The van der Waals surface area contributed by atoms with E-state index in [9.17, 15) is 24.3 Å². The van der Waals surface area contributed by atoms with Crippen LogP contribution in [0.1, 0.15) is 44.2 Å². The van der Waals surface area contributed by atoms with Crippen LogP contribution >= 0.6 is 0 Å². The van der Waals surface area contributed by atoms with Crippen LogP contribution in [0.4, 0.5) is 0 Å². The molecule has 0 aliphatic rings. The van der Waals surface area contributed by atoms with Crippen LogP contribution in [0.15, 0.2) is 65.8 Å². The number of guanidine groups is 1. The van der Waals surface area contributed by atoms with Gasteiger partial charge in [-0.2, -0.15) is 0 Å². The Kier molecular flexibility index (Phi) is 12.9. The van der Waals surface area contributed by atoms with Crippen LogP contribution in [-0.2, 0) is 32.0 Å². The minimum absolute atomic E-state index is 0.0160. The number of aromatic amines is 1. The number of nitrogens with zero attached hydrogens (tertiary/aromatic N) is 1. The van der Waals surface area contributed by atoms with Crippen molar-refractivity contribution in [3.63, 3.8) is 0 Å². The number of fused-ring (bicyclic) bond motifs is 1. The molecule has 242 valence electrons. The predicted molar refractivity (Wildman–Crippen MR) is 173 cm³/mol. The lowest BCUT2D eigenvalue weighted by atomic mass is 10.00. The van der Waals surface area contributed by atoms with Gasteiger partial charge in [0.05, 0.1) is 6.04 Å². The Morgan fingerprint density at radius 1 is 0.844 bits per heavy atom. The van der Waals surface area contributed by atoms with E-state index in [1.54, 1.807) is 24.3 Å². The van der Waals surface area contributed by atoms with Gasteiger partial charge in [-0.3, -0.25) is 19.4 Å². The molecule has 0 saturated heterocycles. The van der Waals surface area contributed by atoms with Gasteiger partial charge in [0.2, 0.25) is 17.7 Å². The third-order valence-electron chi connectivity index (χ3n) is 7.27. The fraction of sp³-hybridized carbons (Fsp3) is 0.406. The minimum Gasteiger partial charge on any atom is -0.480 e. The molecule has 3 rings (SSSR count). The van der Waals surface area contributed by atoms with E-state index in [-0.39, 0.29) is 44.1 Å². The van der Waals surface area contributed by atoms with Gasteiger partial charge in [0.15, 0.2) is 5.96 Å². The first-order valence-corrected chi connectivity index (χ1v) is 15.0. The highest BCUT2D eigenvalue weighted by atomic mass is 16.4. The van der Waals surface area contributed by atoms with Crippen molar-refractivity contribution >= 4 is 40.6 Å². The largest absolute Gasteiger partial charge is 0.480 e. The molecular weight excluding hydrogens is 576 g/mol. The zero-order valence-electron chi connectivity index (χ0n) is 25.7. The number of benzene rings is 2. The standard InChI is InChI=1S/C32H44N8O5/c1-19(2)15-26(39-28(41)23(33)17-21-18-37-24-12-7-6-11-22(21)24)30(43)38-25(13-8-14-36-32(34)35)29(42)40-27(31(44)45)16-20-9-4-3-5-10-20/h3-7,9-12,18-19,23,25-27,37H,8,13-17,33H2,1-2H3,(H,38,43)(H,39,41)(H,40,42)(H,44,45)(H4,34,35,36). The van der Waals surface area contributed by atoms with E-state index in [1.165, 1.54) is 0 Å². The molecule has 13 nitrogen and oxygen atoms in total. The number of carbonyl (C=O) groups is 4. The number of carboxylic acids is 1. The summed E-state index contributed by atoms with van der Waals surface area (Å²) in [7, 11) is 0. The van der Waals surface area contributed by atoms with Gasteiger partial charge in [0.25, 0.3) is 0 Å². The van der Waals surface area contributed by atoms with Crippen LogP contribution in [0.25, 0.3) is 10.9 Å². The Bertz CT molecular complexity index is 1470. The highest BCUT2D eigenvalue weighted by Gasteiger charge is 2.31. The summed E-state index contributed by atoms with van der Waals surface area (Å²) in [6, 6.07) is 12.3. The number of hydrogen-bond acceptors (Lipinski definition) is 6. The fourth-order valence-corrected chi connectivity index (χ4v) is 4.98. The van der Waals surface area contributed by atoms with Crippen LogP contribution in [0.2, 0.25) is 0 Å². The number of nitrogens with one attached hydrogen (secondary N) is 4. The molecule has 13 heteroatoms. The van der Waals surface area contributed by atoms with E-state index in [0.717, 1.165) is 22.0 Å². The number of amides is 3. The summed E-state index contributed by atoms with van der Waals surface area (Å²) < 4.78 is 0. The maximum Gasteiger partial charge on any atom is 0.326 e. The number of nitrogens with two attached hydrogens (primary N) is 3. The third kappa shape index (κ3) is 10.9. The average molecular weight is 621 g/mol. The molecule has 0 aliphatic heterocycles. The molecule has 0 bridgehead atoms. The number of rotatable bonds is 17. The summed E-state index contributed by atoms with van der Waals surface area (Å²) in [6.45, 7) is 4.00. The smallest absolute Gasteiger partial charge is 0.326 e.